The van der Waals surface area contributed by atoms with Gasteiger partial charge in [-0.1, -0.05) is 64.7 Å². The maximum Gasteiger partial charge on any atom is 0.317 e. The van der Waals surface area contributed by atoms with Crippen LogP contribution in [0.1, 0.15) is 71.1 Å². The van der Waals surface area contributed by atoms with Gasteiger partial charge in [0.05, 0.1) is 6.54 Å². The number of hydrogen-bond acceptors (Lipinski definition) is 4. The van der Waals surface area contributed by atoms with Crippen molar-refractivity contribution >= 4 is 17.8 Å². The summed E-state index contributed by atoms with van der Waals surface area (Å²) in [5.41, 5.74) is 9.47. The van der Waals surface area contributed by atoms with Crippen LogP contribution in [0, 0.1) is 0 Å². The Kier molecular flexibility index (Phi) is 20.4. The van der Waals surface area contributed by atoms with Crippen molar-refractivity contribution in [1.82, 2.24) is 5.32 Å². The molecule has 0 fully saturated rings. The van der Waals surface area contributed by atoms with Crippen molar-refractivity contribution in [2.24, 2.45) is 11.5 Å². The van der Waals surface area contributed by atoms with Crippen LogP contribution in [0.15, 0.2) is 12.2 Å². The zero-order chi connectivity index (χ0) is 19.3. The van der Waals surface area contributed by atoms with Crippen molar-refractivity contribution in [2.75, 3.05) is 13.1 Å². The average Bonchev–Trinajstić information content (AvgIpc) is 2.58. The molecule has 0 atom stereocenters. The summed E-state index contributed by atoms with van der Waals surface area (Å²) >= 11 is 0. The highest BCUT2D eigenvalue weighted by atomic mass is 16.4. The van der Waals surface area contributed by atoms with Crippen molar-refractivity contribution in [2.45, 2.75) is 71.1 Å². The van der Waals surface area contributed by atoms with Gasteiger partial charge < -0.3 is 21.9 Å². The molecule has 0 aromatic rings. The summed E-state index contributed by atoms with van der Waals surface area (Å²) in [4.78, 5) is 30.9. The van der Waals surface area contributed by atoms with E-state index in [1.165, 1.54) is 57.4 Å². The first-order chi connectivity index (χ1) is 11.9. The van der Waals surface area contributed by atoms with E-state index in [2.05, 4.69) is 18.0 Å². The molecule has 0 rings (SSSR count). The summed E-state index contributed by atoms with van der Waals surface area (Å²) < 4.78 is 0. The second-order valence-corrected chi connectivity index (χ2v) is 5.81. The fraction of sp³-hybridized carbons (Fsp3) is 0.722. The van der Waals surface area contributed by atoms with Crippen LogP contribution in [0.5, 0.6) is 0 Å². The van der Waals surface area contributed by atoms with Gasteiger partial charge in [0.25, 0.3) is 0 Å². The third kappa shape index (κ3) is 27.3. The zero-order valence-electron chi connectivity index (χ0n) is 15.5. The summed E-state index contributed by atoms with van der Waals surface area (Å²) in [6, 6.07) is 0. The van der Waals surface area contributed by atoms with Crippen LogP contribution in [0.3, 0.4) is 0 Å². The van der Waals surface area contributed by atoms with Crippen molar-refractivity contribution < 1.29 is 19.5 Å². The Hall–Kier alpha value is -1.89. The topological polar surface area (TPSA) is 136 Å². The lowest BCUT2D eigenvalue weighted by Gasteiger charge is -2.03. The third-order valence-electron chi connectivity index (χ3n) is 3.40. The number of carboxylic acid groups (broad SMARTS) is 1. The molecular weight excluding hydrogens is 322 g/mol. The van der Waals surface area contributed by atoms with E-state index in [0.29, 0.717) is 6.54 Å². The van der Waals surface area contributed by atoms with Crippen LogP contribution in [0.25, 0.3) is 0 Å². The number of aliphatic carboxylic acids is 1. The van der Waals surface area contributed by atoms with Gasteiger partial charge in [-0.3, -0.25) is 14.4 Å². The quantitative estimate of drug-likeness (QED) is 0.279. The van der Waals surface area contributed by atoms with Crippen LogP contribution in [-0.2, 0) is 14.4 Å². The minimum Gasteiger partial charge on any atom is -0.480 e. The van der Waals surface area contributed by atoms with Gasteiger partial charge in [-0.15, -0.1) is 0 Å². The molecule has 0 radical (unpaired) electrons. The number of unbranched alkanes of at least 4 members (excludes halogenated alkanes) is 9. The van der Waals surface area contributed by atoms with Crippen molar-refractivity contribution in [3.05, 3.63) is 12.2 Å². The first-order valence-corrected chi connectivity index (χ1v) is 9.11. The maximum absolute atomic E-state index is 11.2. The Morgan fingerprint density at radius 2 is 1.32 bits per heavy atom. The van der Waals surface area contributed by atoms with Gasteiger partial charge in [0.2, 0.25) is 11.8 Å². The minimum absolute atomic E-state index is 0.250. The van der Waals surface area contributed by atoms with E-state index < -0.39 is 11.9 Å². The highest BCUT2D eigenvalue weighted by Crippen LogP contribution is 2.10. The number of carbonyl (C=O) groups is 3. The SMILES string of the molecule is CCCCCCCCCCCCNC(=O)/C=C/C(N)=O.NCC(=O)O. The summed E-state index contributed by atoms with van der Waals surface area (Å²) in [5, 5.41) is 10.3. The second-order valence-electron chi connectivity index (χ2n) is 5.81. The molecule has 0 saturated heterocycles. The molecule has 146 valence electrons. The molecule has 0 spiro atoms. The number of rotatable bonds is 14. The molecular formula is C18H35N3O4. The minimum atomic E-state index is -0.968. The average molecular weight is 357 g/mol. The van der Waals surface area contributed by atoms with E-state index in [-0.39, 0.29) is 12.5 Å². The zero-order valence-corrected chi connectivity index (χ0v) is 15.5. The van der Waals surface area contributed by atoms with Gasteiger partial charge in [-0.05, 0) is 6.42 Å². The molecule has 0 aromatic carbocycles. The van der Waals surface area contributed by atoms with Gasteiger partial charge in [0.15, 0.2) is 0 Å². The standard InChI is InChI=1S/C16H30N2O2.C2H5NO2/c1-2-3-4-5-6-7-8-9-10-11-14-18-16(20)13-12-15(17)19;3-1-2(4)5/h12-13H,2-11,14H2,1H3,(H2,17,19)(H,18,20);1,3H2,(H,4,5)/b13-12+;. The van der Waals surface area contributed by atoms with E-state index in [4.69, 9.17) is 10.8 Å². The van der Waals surface area contributed by atoms with E-state index in [9.17, 15) is 14.4 Å². The molecule has 0 saturated carbocycles. The number of amides is 2. The summed E-state index contributed by atoms with van der Waals surface area (Å²) in [5.74, 6) is -1.82. The predicted molar refractivity (Wildman–Crippen MR) is 99.9 cm³/mol. The summed E-state index contributed by atoms with van der Waals surface area (Å²) in [7, 11) is 0. The smallest absolute Gasteiger partial charge is 0.317 e. The van der Waals surface area contributed by atoms with Crippen LogP contribution in [0.4, 0.5) is 0 Å². The van der Waals surface area contributed by atoms with Crippen molar-refractivity contribution in [3.63, 3.8) is 0 Å². The van der Waals surface area contributed by atoms with Crippen LogP contribution >= 0.6 is 0 Å². The van der Waals surface area contributed by atoms with Gasteiger partial charge in [-0.2, -0.15) is 0 Å². The Bertz CT molecular complexity index is 385. The lowest BCUT2D eigenvalue weighted by atomic mass is 10.1. The van der Waals surface area contributed by atoms with Crippen LogP contribution < -0.4 is 16.8 Å². The summed E-state index contributed by atoms with van der Waals surface area (Å²) in [6.45, 7) is 2.63. The molecule has 7 heteroatoms. The number of nitrogens with one attached hydrogen (secondary N) is 1. The number of primary amides is 1. The predicted octanol–water partition coefficient (Wildman–Crippen LogP) is 2.09. The molecule has 0 heterocycles. The van der Waals surface area contributed by atoms with Gasteiger partial charge in [-0.25, -0.2) is 0 Å². The first-order valence-electron chi connectivity index (χ1n) is 9.11. The second kappa shape index (κ2) is 20.2. The lowest BCUT2D eigenvalue weighted by Crippen LogP contribution is -2.22. The number of hydrogen-bond donors (Lipinski definition) is 4. The number of nitrogens with two attached hydrogens (primary N) is 2. The Balaban J connectivity index is 0. The molecule has 7 nitrogen and oxygen atoms in total. The molecule has 0 aliphatic rings. The fourth-order valence-corrected chi connectivity index (χ4v) is 2.04. The lowest BCUT2D eigenvalue weighted by molar-refractivity contribution is -0.135. The largest absolute Gasteiger partial charge is 0.480 e. The highest BCUT2D eigenvalue weighted by Gasteiger charge is 1.96. The Labute approximate surface area is 151 Å². The normalized spacial score (nSPS) is 10.2. The molecule has 25 heavy (non-hydrogen) atoms. The monoisotopic (exact) mass is 357 g/mol. The van der Waals surface area contributed by atoms with Gasteiger partial charge in [0, 0.05) is 18.7 Å². The van der Waals surface area contributed by atoms with Gasteiger partial charge >= 0.3 is 5.97 Å². The van der Waals surface area contributed by atoms with E-state index in [1.54, 1.807) is 0 Å². The van der Waals surface area contributed by atoms with Gasteiger partial charge in [0.1, 0.15) is 0 Å². The molecule has 0 bridgehead atoms. The maximum atomic E-state index is 11.2. The number of carbonyl (C=O) groups excluding carboxylic acids is 2. The van der Waals surface area contributed by atoms with Crippen molar-refractivity contribution in [1.29, 1.82) is 0 Å². The number of carboxylic acids is 1. The van der Waals surface area contributed by atoms with Crippen LogP contribution in [-0.4, -0.2) is 36.0 Å². The first kappa shape index (κ1) is 25.4. The molecule has 0 unspecified atom stereocenters. The third-order valence-corrected chi connectivity index (χ3v) is 3.40. The molecule has 0 aliphatic heterocycles. The molecule has 2 amide bonds. The van der Waals surface area contributed by atoms with Crippen LogP contribution in [0.2, 0.25) is 0 Å². The Morgan fingerprint density at radius 1 is 0.880 bits per heavy atom. The van der Waals surface area contributed by atoms with E-state index in [1.807, 2.05) is 0 Å². The van der Waals surface area contributed by atoms with E-state index >= 15 is 0 Å². The molecule has 6 N–H and O–H groups in total. The fourth-order valence-electron chi connectivity index (χ4n) is 2.04. The van der Waals surface area contributed by atoms with Crippen molar-refractivity contribution in [3.8, 4) is 0 Å². The molecule has 0 aliphatic carbocycles. The molecule has 0 aromatic heterocycles. The summed E-state index contributed by atoms with van der Waals surface area (Å²) in [6.07, 6.45) is 15.0. The Morgan fingerprint density at radius 3 is 1.72 bits per heavy atom. The van der Waals surface area contributed by atoms with E-state index in [0.717, 1.165) is 18.9 Å². The highest BCUT2D eigenvalue weighted by molar-refractivity contribution is 5.95.